The Morgan fingerprint density at radius 3 is 1.80 bits per heavy atom. The van der Waals surface area contributed by atoms with Gasteiger partial charge in [-0.25, -0.2) is 4.99 Å². The molecule has 7 aromatic carbocycles. The summed E-state index contributed by atoms with van der Waals surface area (Å²) in [6.07, 6.45) is 0. The third-order valence-corrected chi connectivity index (χ3v) is 9.24. The van der Waals surface area contributed by atoms with Gasteiger partial charge in [-0.3, -0.25) is 15.5 Å². The molecule has 0 radical (unpaired) electrons. The van der Waals surface area contributed by atoms with Crippen molar-refractivity contribution in [3.05, 3.63) is 187 Å². The molecule has 0 unspecified atom stereocenters. The van der Waals surface area contributed by atoms with E-state index in [9.17, 15) is 0 Å². The maximum atomic E-state index is 9.09. The Morgan fingerprint density at radius 2 is 1.06 bits per heavy atom. The van der Waals surface area contributed by atoms with E-state index in [0.29, 0.717) is 5.84 Å². The van der Waals surface area contributed by atoms with Gasteiger partial charge in [-0.15, -0.1) is 0 Å². The van der Waals surface area contributed by atoms with Crippen LogP contribution in [0.1, 0.15) is 11.1 Å². The van der Waals surface area contributed by atoms with Crippen LogP contribution in [-0.2, 0) is 0 Å². The van der Waals surface area contributed by atoms with Crippen LogP contribution in [-0.4, -0.2) is 20.9 Å². The molecule has 0 spiro atoms. The predicted octanol–water partition coefficient (Wildman–Crippen LogP) is 10.6. The number of rotatable bonds is 5. The molecule has 0 bridgehead atoms. The zero-order chi connectivity index (χ0) is 32.7. The topological polar surface area (TPSA) is 58.1 Å². The predicted molar refractivity (Wildman–Crippen MR) is 205 cm³/mol. The lowest BCUT2D eigenvalue weighted by Gasteiger charge is -2.15. The molecule has 0 saturated heterocycles. The van der Waals surface area contributed by atoms with Gasteiger partial charge in [0.15, 0.2) is 11.7 Å². The number of amidine groups is 2. The van der Waals surface area contributed by atoms with Crippen molar-refractivity contribution in [2.45, 2.75) is 0 Å². The van der Waals surface area contributed by atoms with E-state index in [1.165, 1.54) is 16.3 Å². The molecule has 0 aliphatic rings. The van der Waals surface area contributed by atoms with Gasteiger partial charge in [0, 0.05) is 38.4 Å². The third kappa shape index (κ3) is 4.88. The maximum absolute atomic E-state index is 9.09. The summed E-state index contributed by atoms with van der Waals surface area (Å²) in [7, 11) is 0. The van der Waals surface area contributed by atoms with E-state index in [1.807, 2.05) is 72.8 Å². The van der Waals surface area contributed by atoms with Crippen LogP contribution in [0.5, 0.6) is 0 Å². The average molecular weight is 630 g/mol. The summed E-state index contributed by atoms with van der Waals surface area (Å²) >= 11 is 0. The molecule has 49 heavy (non-hydrogen) atoms. The quantitative estimate of drug-likeness (QED) is 0.144. The van der Waals surface area contributed by atoms with Gasteiger partial charge in [0.1, 0.15) is 0 Å². The van der Waals surface area contributed by atoms with E-state index in [4.69, 9.17) is 10.4 Å². The van der Waals surface area contributed by atoms with Crippen LogP contribution in [0.4, 0.5) is 0 Å². The number of para-hydroxylation sites is 3. The summed E-state index contributed by atoms with van der Waals surface area (Å²) in [5.74, 6) is 0.766. The first-order chi connectivity index (χ1) is 24.2. The van der Waals surface area contributed by atoms with Crippen molar-refractivity contribution in [3.63, 3.8) is 0 Å². The summed E-state index contributed by atoms with van der Waals surface area (Å²) in [6.45, 7) is 0. The standard InChI is InChI=1S/C44H31N5/c45-43(32-26-24-31(25-27-32)30-14-4-1-5-15-30)46-44(33-16-6-2-7-17-33)47-49-39-23-13-11-21-37(39)41-40(49)29-28-36-35-20-10-12-22-38(35)48(42(36)41)34-18-8-3-9-19-34/h1-29H,(H2,45,46,47). The molecule has 2 N–H and O–H groups in total. The van der Waals surface area contributed by atoms with Gasteiger partial charge in [0.2, 0.25) is 0 Å². The first kappa shape index (κ1) is 28.5. The van der Waals surface area contributed by atoms with Crippen LogP contribution < -0.4 is 5.43 Å². The number of hydrogen-bond acceptors (Lipinski definition) is 1. The van der Waals surface area contributed by atoms with E-state index in [0.717, 1.165) is 55.3 Å². The van der Waals surface area contributed by atoms with Gasteiger partial charge >= 0.3 is 0 Å². The Hall–Kier alpha value is -6.72. The summed E-state index contributed by atoms with van der Waals surface area (Å²) in [6, 6.07) is 60.5. The lowest BCUT2D eigenvalue weighted by molar-refractivity contribution is 1.08. The van der Waals surface area contributed by atoms with E-state index in [1.54, 1.807) is 0 Å². The van der Waals surface area contributed by atoms with Crippen molar-refractivity contribution in [2.24, 2.45) is 4.99 Å². The molecule has 0 amide bonds. The number of nitrogens with zero attached hydrogens (tertiary/aromatic N) is 3. The Balaban J connectivity index is 1.23. The van der Waals surface area contributed by atoms with Crippen molar-refractivity contribution in [3.8, 4) is 16.8 Å². The summed E-state index contributed by atoms with van der Waals surface area (Å²) in [5, 5.41) is 13.8. The monoisotopic (exact) mass is 629 g/mol. The SMILES string of the molecule is N=C(N=C(Nn1c2ccccc2c2c1ccc1c3ccccc3n(-c3ccccc3)c12)c1ccccc1)c1ccc(-c2ccccc2)cc1. The van der Waals surface area contributed by atoms with Crippen LogP contribution in [0.2, 0.25) is 0 Å². The highest BCUT2D eigenvalue weighted by Crippen LogP contribution is 2.40. The Morgan fingerprint density at radius 1 is 0.469 bits per heavy atom. The molecule has 9 aromatic rings. The van der Waals surface area contributed by atoms with Gasteiger partial charge in [0.25, 0.3) is 0 Å². The molecule has 0 aliphatic heterocycles. The highest BCUT2D eigenvalue weighted by Gasteiger charge is 2.21. The summed E-state index contributed by atoms with van der Waals surface area (Å²) in [4.78, 5) is 4.93. The third-order valence-electron chi connectivity index (χ3n) is 9.24. The molecule has 2 heterocycles. The Bertz CT molecular complexity index is 2670. The number of benzene rings is 7. The van der Waals surface area contributed by atoms with E-state index in [-0.39, 0.29) is 5.84 Å². The molecule has 0 atom stereocenters. The largest absolute Gasteiger partial charge is 0.309 e. The first-order valence-corrected chi connectivity index (χ1v) is 16.4. The fourth-order valence-electron chi connectivity index (χ4n) is 6.96. The zero-order valence-corrected chi connectivity index (χ0v) is 26.6. The van der Waals surface area contributed by atoms with Crippen LogP contribution in [0, 0.1) is 5.41 Å². The van der Waals surface area contributed by atoms with Crippen molar-refractivity contribution >= 4 is 55.3 Å². The zero-order valence-electron chi connectivity index (χ0n) is 26.6. The molecule has 0 aliphatic carbocycles. The molecule has 5 heteroatoms. The lowest BCUT2D eigenvalue weighted by atomic mass is 10.0. The minimum atomic E-state index is 0.179. The minimum Gasteiger partial charge on any atom is -0.309 e. The Labute approximate surface area is 283 Å². The van der Waals surface area contributed by atoms with E-state index < -0.39 is 0 Å². The van der Waals surface area contributed by atoms with Gasteiger partial charge in [-0.05, 0) is 41.5 Å². The lowest BCUT2D eigenvalue weighted by Crippen LogP contribution is -2.25. The second-order valence-electron chi connectivity index (χ2n) is 12.1. The maximum Gasteiger partial charge on any atom is 0.154 e. The van der Waals surface area contributed by atoms with Crippen LogP contribution in [0.3, 0.4) is 0 Å². The van der Waals surface area contributed by atoms with Crippen LogP contribution >= 0.6 is 0 Å². The highest BCUT2D eigenvalue weighted by molar-refractivity contribution is 6.26. The number of nitrogens with one attached hydrogen (secondary N) is 2. The minimum absolute atomic E-state index is 0.179. The molecule has 5 nitrogen and oxygen atoms in total. The first-order valence-electron chi connectivity index (χ1n) is 16.4. The number of aromatic nitrogens is 2. The van der Waals surface area contributed by atoms with Crippen molar-refractivity contribution in [1.29, 1.82) is 5.41 Å². The number of aliphatic imine (C=N–C) groups is 1. The molecular weight excluding hydrogens is 599 g/mol. The average Bonchev–Trinajstić information content (AvgIpc) is 3.68. The van der Waals surface area contributed by atoms with Crippen molar-refractivity contribution < 1.29 is 0 Å². The van der Waals surface area contributed by atoms with Gasteiger partial charge in [0.05, 0.1) is 22.1 Å². The summed E-state index contributed by atoms with van der Waals surface area (Å²) < 4.78 is 4.50. The molecule has 232 valence electrons. The Kier molecular flexibility index (Phi) is 6.87. The number of fused-ring (bicyclic) bond motifs is 7. The molecule has 0 saturated carbocycles. The molecule has 0 fully saturated rings. The van der Waals surface area contributed by atoms with Gasteiger partial charge in [-0.2, -0.15) is 0 Å². The van der Waals surface area contributed by atoms with Gasteiger partial charge < -0.3 is 4.57 Å². The normalized spacial score (nSPS) is 11.9. The molecule has 9 rings (SSSR count). The molecular formula is C44H31N5. The van der Waals surface area contributed by atoms with E-state index >= 15 is 0 Å². The van der Waals surface area contributed by atoms with Crippen molar-refractivity contribution in [1.82, 2.24) is 9.24 Å². The fourth-order valence-corrected chi connectivity index (χ4v) is 6.96. The van der Waals surface area contributed by atoms with Crippen LogP contribution in [0.25, 0.3) is 60.4 Å². The van der Waals surface area contributed by atoms with Crippen molar-refractivity contribution in [2.75, 3.05) is 5.43 Å². The fraction of sp³-hybridized carbons (Fsp3) is 0. The second-order valence-corrected chi connectivity index (χ2v) is 12.1. The van der Waals surface area contributed by atoms with Crippen LogP contribution in [0.15, 0.2) is 181 Å². The second kappa shape index (κ2) is 11.8. The van der Waals surface area contributed by atoms with Gasteiger partial charge in [-0.1, -0.05) is 146 Å². The number of hydrogen-bond donors (Lipinski definition) is 2. The molecule has 2 aromatic heterocycles. The highest BCUT2D eigenvalue weighted by atomic mass is 15.4. The smallest absolute Gasteiger partial charge is 0.154 e. The summed E-state index contributed by atoms with van der Waals surface area (Å²) in [5.41, 5.74) is 13.0. The van der Waals surface area contributed by atoms with E-state index in [2.05, 4.69) is 118 Å².